The average Bonchev–Trinajstić information content (AvgIpc) is 2.57. The van der Waals surface area contributed by atoms with Crippen molar-refractivity contribution < 1.29 is 9.53 Å². The highest BCUT2D eigenvalue weighted by molar-refractivity contribution is 6.30. The van der Waals surface area contributed by atoms with Crippen LogP contribution in [-0.4, -0.2) is 10.9 Å². The van der Waals surface area contributed by atoms with Crippen LogP contribution in [0.2, 0.25) is 5.15 Å². The summed E-state index contributed by atoms with van der Waals surface area (Å²) in [5.41, 5.74) is 9.70. The predicted molar refractivity (Wildman–Crippen MR) is 95.5 cm³/mol. The van der Waals surface area contributed by atoms with E-state index < -0.39 is 5.91 Å². The number of aromatic nitrogens is 1. The summed E-state index contributed by atoms with van der Waals surface area (Å²) in [7, 11) is 0. The first-order valence-corrected chi connectivity index (χ1v) is 7.91. The Balaban J connectivity index is 1.83. The van der Waals surface area contributed by atoms with Crippen molar-refractivity contribution in [2.24, 2.45) is 5.73 Å². The molecule has 0 fully saturated rings. The number of aryl methyl sites for hydroxylation is 2. The fraction of sp³-hybridized carbons (Fsp3) is 0.158. The third-order valence-corrected chi connectivity index (χ3v) is 4.40. The monoisotopic (exact) mass is 340 g/mol. The average molecular weight is 341 g/mol. The molecule has 122 valence electrons. The van der Waals surface area contributed by atoms with Crippen LogP contribution in [0.5, 0.6) is 5.75 Å². The van der Waals surface area contributed by atoms with E-state index in [0.717, 1.165) is 22.0 Å². The van der Waals surface area contributed by atoms with Gasteiger partial charge in [0.2, 0.25) is 5.91 Å². The Morgan fingerprint density at radius 3 is 2.54 bits per heavy atom. The van der Waals surface area contributed by atoms with Gasteiger partial charge in [0.1, 0.15) is 17.5 Å². The minimum atomic E-state index is -0.464. The van der Waals surface area contributed by atoms with Crippen molar-refractivity contribution in [2.45, 2.75) is 20.5 Å². The molecule has 2 aromatic carbocycles. The topological polar surface area (TPSA) is 65.2 Å². The Labute approximate surface area is 145 Å². The van der Waals surface area contributed by atoms with Crippen molar-refractivity contribution in [1.82, 2.24) is 4.98 Å². The molecule has 24 heavy (non-hydrogen) atoms. The van der Waals surface area contributed by atoms with E-state index in [4.69, 9.17) is 22.1 Å². The first-order valence-electron chi connectivity index (χ1n) is 7.53. The molecule has 3 aromatic rings. The van der Waals surface area contributed by atoms with Gasteiger partial charge in [-0.15, -0.1) is 0 Å². The Morgan fingerprint density at radius 2 is 1.88 bits per heavy atom. The van der Waals surface area contributed by atoms with Crippen LogP contribution in [0.15, 0.2) is 42.5 Å². The highest BCUT2D eigenvalue weighted by Gasteiger charge is 2.09. The smallest absolute Gasteiger partial charge is 0.248 e. The second-order valence-electron chi connectivity index (χ2n) is 5.69. The van der Waals surface area contributed by atoms with Gasteiger partial charge in [0.25, 0.3) is 0 Å². The molecule has 0 aliphatic carbocycles. The summed E-state index contributed by atoms with van der Waals surface area (Å²) < 4.78 is 5.73. The van der Waals surface area contributed by atoms with Crippen LogP contribution in [0, 0.1) is 13.8 Å². The third kappa shape index (κ3) is 3.19. The van der Waals surface area contributed by atoms with Crippen molar-refractivity contribution in [3.8, 4) is 5.75 Å². The first kappa shape index (κ1) is 16.3. The molecule has 0 aliphatic rings. The molecule has 0 radical (unpaired) electrons. The molecule has 4 nitrogen and oxygen atoms in total. The normalized spacial score (nSPS) is 10.8. The Kier molecular flexibility index (Phi) is 4.40. The molecule has 0 spiro atoms. The van der Waals surface area contributed by atoms with Gasteiger partial charge in [-0.25, -0.2) is 4.98 Å². The number of ether oxygens (including phenoxy) is 1. The number of benzene rings is 2. The molecule has 1 heterocycles. The van der Waals surface area contributed by atoms with E-state index in [1.807, 2.05) is 19.1 Å². The van der Waals surface area contributed by atoms with Crippen molar-refractivity contribution in [3.05, 3.63) is 69.9 Å². The molecule has 2 N–H and O–H groups in total. The largest absolute Gasteiger partial charge is 0.489 e. The van der Waals surface area contributed by atoms with Crippen LogP contribution in [0.25, 0.3) is 10.9 Å². The van der Waals surface area contributed by atoms with Crippen LogP contribution in [0.4, 0.5) is 0 Å². The molecule has 0 saturated heterocycles. The van der Waals surface area contributed by atoms with Gasteiger partial charge < -0.3 is 10.5 Å². The number of carbonyl (C=O) groups excluding carboxylic acids is 1. The maximum Gasteiger partial charge on any atom is 0.248 e. The number of fused-ring (bicyclic) bond motifs is 1. The fourth-order valence-corrected chi connectivity index (χ4v) is 2.68. The molecule has 0 aliphatic heterocycles. The Morgan fingerprint density at radius 1 is 1.17 bits per heavy atom. The summed E-state index contributed by atoms with van der Waals surface area (Å²) in [6.45, 7) is 4.39. The molecular formula is C19H17ClN2O2. The van der Waals surface area contributed by atoms with Crippen molar-refractivity contribution in [1.29, 1.82) is 0 Å². The van der Waals surface area contributed by atoms with Crippen molar-refractivity contribution >= 4 is 28.4 Å². The molecule has 0 atom stereocenters. The van der Waals surface area contributed by atoms with Crippen LogP contribution in [-0.2, 0) is 6.61 Å². The van der Waals surface area contributed by atoms with Gasteiger partial charge in [-0.3, -0.25) is 4.79 Å². The summed E-state index contributed by atoms with van der Waals surface area (Å²) in [4.78, 5) is 15.6. The van der Waals surface area contributed by atoms with Crippen LogP contribution >= 0.6 is 11.6 Å². The number of primary amides is 1. The molecule has 1 aromatic heterocycles. The minimum absolute atomic E-state index is 0.296. The number of nitrogens with zero attached hydrogens (tertiary/aromatic N) is 1. The number of halogens is 1. The van der Waals surface area contributed by atoms with Crippen molar-refractivity contribution in [2.75, 3.05) is 0 Å². The van der Waals surface area contributed by atoms with E-state index in [2.05, 4.69) is 18.0 Å². The van der Waals surface area contributed by atoms with Gasteiger partial charge in [0.05, 0.1) is 5.52 Å². The molecule has 3 rings (SSSR count). The van der Waals surface area contributed by atoms with E-state index in [1.54, 1.807) is 24.3 Å². The molecule has 0 bridgehead atoms. The van der Waals surface area contributed by atoms with E-state index in [9.17, 15) is 4.79 Å². The van der Waals surface area contributed by atoms with Crippen LogP contribution < -0.4 is 10.5 Å². The highest BCUT2D eigenvalue weighted by Crippen LogP contribution is 2.26. The van der Waals surface area contributed by atoms with Gasteiger partial charge in [-0.1, -0.05) is 23.7 Å². The summed E-state index contributed by atoms with van der Waals surface area (Å²) >= 11 is 6.31. The fourth-order valence-electron chi connectivity index (χ4n) is 2.48. The van der Waals surface area contributed by atoms with Gasteiger partial charge >= 0.3 is 0 Å². The van der Waals surface area contributed by atoms with Crippen molar-refractivity contribution in [3.63, 3.8) is 0 Å². The zero-order chi connectivity index (χ0) is 17.3. The maximum atomic E-state index is 11.1. The predicted octanol–water partition coefficient (Wildman–Crippen LogP) is 4.18. The third-order valence-electron chi connectivity index (χ3n) is 4.07. The second kappa shape index (κ2) is 6.49. The van der Waals surface area contributed by atoms with Gasteiger partial charge in [0.15, 0.2) is 0 Å². The quantitative estimate of drug-likeness (QED) is 0.724. The zero-order valence-corrected chi connectivity index (χ0v) is 14.2. The summed E-state index contributed by atoms with van der Waals surface area (Å²) in [6, 6.07) is 12.8. The Bertz CT molecular complexity index is 921. The molecule has 0 unspecified atom stereocenters. The van der Waals surface area contributed by atoms with Gasteiger partial charge in [-0.05, 0) is 55.3 Å². The number of carbonyl (C=O) groups is 1. The number of hydrogen-bond acceptors (Lipinski definition) is 3. The molecule has 5 heteroatoms. The minimum Gasteiger partial charge on any atom is -0.489 e. The number of pyridine rings is 1. The first-order chi connectivity index (χ1) is 11.5. The van der Waals surface area contributed by atoms with E-state index in [-0.39, 0.29) is 0 Å². The van der Waals surface area contributed by atoms with Gasteiger partial charge in [-0.2, -0.15) is 0 Å². The van der Waals surface area contributed by atoms with Crippen LogP contribution in [0.3, 0.4) is 0 Å². The Hall–Kier alpha value is -2.59. The lowest BCUT2D eigenvalue weighted by atomic mass is 10.0. The lowest BCUT2D eigenvalue weighted by molar-refractivity contribution is 0.100. The van der Waals surface area contributed by atoms with Crippen LogP contribution in [0.1, 0.15) is 27.0 Å². The number of nitrogens with two attached hydrogens (primary N) is 1. The summed E-state index contributed by atoms with van der Waals surface area (Å²) in [6.07, 6.45) is 0. The lowest BCUT2D eigenvalue weighted by Crippen LogP contribution is -2.10. The van der Waals surface area contributed by atoms with E-state index >= 15 is 0 Å². The van der Waals surface area contributed by atoms with E-state index in [0.29, 0.717) is 23.1 Å². The number of hydrogen-bond donors (Lipinski definition) is 1. The second-order valence-corrected chi connectivity index (χ2v) is 6.05. The summed E-state index contributed by atoms with van der Waals surface area (Å²) in [5.74, 6) is 0.172. The standard InChI is InChI=1S/C19H17ClN2O2/c1-11-3-4-14-9-15(18(20)22-17(14)12(11)2)10-24-16-7-5-13(6-8-16)19(21)23/h3-9H,10H2,1-2H3,(H2,21,23). The summed E-state index contributed by atoms with van der Waals surface area (Å²) in [5, 5.41) is 1.47. The molecule has 0 saturated carbocycles. The van der Waals surface area contributed by atoms with E-state index in [1.165, 1.54) is 5.56 Å². The molecular weight excluding hydrogens is 324 g/mol. The number of amides is 1. The van der Waals surface area contributed by atoms with Gasteiger partial charge in [0, 0.05) is 16.5 Å². The number of rotatable bonds is 4. The maximum absolute atomic E-state index is 11.1. The SMILES string of the molecule is Cc1ccc2cc(COc3ccc(C(N)=O)cc3)c(Cl)nc2c1C. The lowest BCUT2D eigenvalue weighted by Gasteiger charge is -2.11. The highest BCUT2D eigenvalue weighted by atomic mass is 35.5. The zero-order valence-electron chi connectivity index (χ0n) is 13.5. The molecule has 1 amide bonds.